The van der Waals surface area contributed by atoms with Crippen LogP contribution in [0.2, 0.25) is 5.02 Å². The molecule has 2 heteroatoms. The molecule has 1 N–H and O–H groups in total. The van der Waals surface area contributed by atoms with Crippen LogP contribution in [-0.2, 0) is 6.54 Å². The summed E-state index contributed by atoms with van der Waals surface area (Å²) in [5.74, 6) is 0. The van der Waals surface area contributed by atoms with Gasteiger partial charge in [-0.05, 0) is 49.2 Å². The lowest BCUT2D eigenvalue weighted by molar-refractivity contribution is 0.818. The van der Waals surface area contributed by atoms with E-state index in [2.05, 4.69) is 49.5 Å². The van der Waals surface area contributed by atoms with Gasteiger partial charge in [-0.25, -0.2) is 0 Å². The maximum Gasteiger partial charge on any atom is 0.0487 e. The summed E-state index contributed by atoms with van der Waals surface area (Å²) in [5.41, 5.74) is 6.08. The fourth-order valence-electron chi connectivity index (χ4n) is 2.02. The van der Waals surface area contributed by atoms with Crippen LogP contribution >= 0.6 is 11.6 Å². The second kappa shape index (κ2) is 5.55. The Balaban J connectivity index is 2.41. The van der Waals surface area contributed by atoms with Gasteiger partial charge in [0, 0.05) is 17.1 Å². The number of benzene rings is 2. The van der Waals surface area contributed by atoms with Crippen molar-refractivity contribution in [2.24, 2.45) is 0 Å². The zero-order chi connectivity index (χ0) is 13.1. The molecule has 0 atom stereocenters. The van der Waals surface area contributed by atoms with Crippen molar-refractivity contribution in [2.75, 3.05) is 7.05 Å². The Labute approximate surface area is 114 Å². The third kappa shape index (κ3) is 2.74. The molecule has 0 saturated carbocycles. The van der Waals surface area contributed by atoms with Crippen molar-refractivity contribution >= 4 is 11.6 Å². The molecule has 0 bridgehead atoms. The maximum absolute atomic E-state index is 6.36. The Morgan fingerprint density at radius 2 is 1.78 bits per heavy atom. The molecule has 2 aromatic carbocycles. The second-order valence-corrected chi connectivity index (χ2v) is 5.05. The van der Waals surface area contributed by atoms with Gasteiger partial charge in [0.15, 0.2) is 0 Å². The first-order chi connectivity index (χ1) is 8.61. The molecule has 18 heavy (non-hydrogen) atoms. The number of hydrogen-bond acceptors (Lipinski definition) is 1. The first-order valence-electron chi connectivity index (χ1n) is 6.12. The minimum Gasteiger partial charge on any atom is -0.316 e. The van der Waals surface area contributed by atoms with E-state index in [4.69, 9.17) is 11.6 Å². The van der Waals surface area contributed by atoms with Crippen LogP contribution in [0.4, 0.5) is 0 Å². The number of hydrogen-bond donors (Lipinski definition) is 1. The van der Waals surface area contributed by atoms with Crippen molar-refractivity contribution in [1.82, 2.24) is 5.32 Å². The summed E-state index contributed by atoms with van der Waals surface area (Å²) in [7, 11) is 1.94. The van der Waals surface area contributed by atoms with Crippen LogP contribution < -0.4 is 5.32 Å². The van der Waals surface area contributed by atoms with Gasteiger partial charge < -0.3 is 5.32 Å². The SMILES string of the molecule is CNCc1ccc(-c2ccc(C)c(C)c2)c(Cl)c1. The summed E-state index contributed by atoms with van der Waals surface area (Å²) in [6.07, 6.45) is 0. The third-order valence-electron chi connectivity index (χ3n) is 3.23. The highest BCUT2D eigenvalue weighted by Crippen LogP contribution is 2.30. The lowest BCUT2D eigenvalue weighted by Crippen LogP contribution is -2.04. The van der Waals surface area contributed by atoms with Crippen LogP contribution in [0.5, 0.6) is 0 Å². The van der Waals surface area contributed by atoms with Crippen molar-refractivity contribution in [3.05, 3.63) is 58.1 Å². The van der Waals surface area contributed by atoms with Crippen LogP contribution in [-0.4, -0.2) is 7.05 Å². The Hall–Kier alpha value is -1.31. The predicted molar refractivity (Wildman–Crippen MR) is 79.1 cm³/mol. The number of halogens is 1. The molecule has 0 unspecified atom stereocenters. The molecule has 0 aliphatic carbocycles. The van der Waals surface area contributed by atoms with Gasteiger partial charge in [0.05, 0.1) is 0 Å². The maximum atomic E-state index is 6.36. The fraction of sp³-hybridized carbons (Fsp3) is 0.250. The van der Waals surface area contributed by atoms with Gasteiger partial charge in [0.25, 0.3) is 0 Å². The molecule has 0 aliphatic rings. The van der Waals surface area contributed by atoms with E-state index in [0.29, 0.717) is 0 Å². The number of rotatable bonds is 3. The highest BCUT2D eigenvalue weighted by molar-refractivity contribution is 6.33. The van der Waals surface area contributed by atoms with Crippen LogP contribution in [0, 0.1) is 13.8 Å². The van der Waals surface area contributed by atoms with Gasteiger partial charge in [-0.15, -0.1) is 0 Å². The van der Waals surface area contributed by atoms with Crippen LogP contribution in [0.1, 0.15) is 16.7 Å². The topological polar surface area (TPSA) is 12.0 Å². The normalized spacial score (nSPS) is 10.7. The monoisotopic (exact) mass is 259 g/mol. The highest BCUT2D eigenvalue weighted by Gasteiger charge is 2.05. The molecule has 0 aliphatic heterocycles. The van der Waals surface area contributed by atoms with Gasteiger partial charge in [0.1, 0.15) is 0 Å². The minimum atomic E-state index is 0.811. The molecule has 0 spiro atoms. The second-order valence-electron chi connectivity index (χ2n) is 4.64. The van der Waals surface area contributed by atoms with Crippen LogP contribution in [0.25, 0.3) is 11.1 Å². The summed E-state index contributed by atoms with van der Waals surface area (Å²) < 4.78 is 0. The number of nitrogens with one attached hydrogen (secondary N) is 1. The Bertz CT molecular complexity index is 561. The summed E-state index contributed by atoms with van der Waals surface area (Å²) in [5, 5.41) is 3.94. The number of aryl methyl sites for hydroxylation is 2. The van der Waals surface area contributed by atoms with Crippen LogP contribution in [0.15, 0.2) is 36.4 Å². The summed E-state index contributed by atoms with van der Waals surface area (Å²) in [6, 6.07) is 12.7. The molecule has 0 fully saturated rings. The third-order valence-corrected chi connectivity index (χ3v) is 3.55. The molecule has 0 amide bonds. The molecular formula is C16H18ClN. The van der Waals surface area contributed by atoms with E-state index in [1.807, 2.05) is 13.1 Å². The van der Waals surface area contributed by atoms with Gasteiger partial charge in [-0.1, -0.05) is 41.9 Å². The van der Waals surface area contributed by atoms with Crippen molar-refractivity contribution in [3.63, 3.8) is 0 Å². The molecule has 0 radical (unpaired) electrons. The van der Waals surface area contributed by atoms with Crippen molar-refractivity contribution < 1.29 is 0 Å². The van der Waals surface area contributed by atoms with Crippen molar-refractivity contribution in [1.29, 1.82) is 0 Å². The van der Waals surface area contributed by atoms with E-state index in [9.17, 15) is 0 Å². The van der Waals surface area contributed by atoms with Crippen LogP contribution in [0.3, 0.4) is 0 Å². The predicted octanol–water partition coefficient (Wildman–Crippen LogP) is 4.34. The molecule has 2 aromatic rings. The lowest BCUT2D eigenvalue weighted by Gasteiger charge is -2.09. The zero-order valence-corrected chi connectivity index (χ0v) is 11.8. The standard InChI is InChI=1S/C16H18ClN/c1-11-4-6-14(8-12(11)2)15-7-5-13(10-18-3)9-16(15)17/h4-9,18H,10H2,1-3H3. The molecule has 0 heterocycles. The Morgan fingerprint density at radius 3 is 2.39 bits per heavy atom. The van der Waals surface area contributed by atoms with Gasteiger partial charge >= 0.3 is 0 Å². The van der Waals surface area contributed by atoms with E-state index in [1.165, 1.54) is 22.3 Å². The van der Waals surface area contributed by atoms with E-state index < -0.39 is 0 Å². The van der Waals surface area contributed by atoms with Crippen molar-refractivity contribution in [2.45, 2.75) is 20.4 Å². The smallest absolute Gasteiger partial charge is 0.0487 e. The summed E-state index contributed by atoms with van der Waals surface area (Å²) >= 11 is 6.36. The molecule has 2 rings (SSSR count). The van der Waals surface area contributed by atoms with Gasteiger partial charge in [-0.3, -0.25) is 0 Å². The summed E-state index contributed by atoms with van der Waals surface area (Å²) in [4.78, 5) is 0. The Morgan fingerprint density at radius 1 is 1.00 bits per heavy atom. The van der Waals surface area contributed by atoms with E-state index >= 15 is 0 Å². The lowest BCUT2D eigenvalue weighted by atomic mass is 9.99. The minimum absolute atomic E-state index is 0.811. The molecule has 0 saturated heterocycles. The highest BCUT2D eigenvalue weighted by atomic mass is 35.5. The zero-order valence-electron chi connectivity index (χ0n) is 11.0. The average Bonchev–Trinajstić information content (AvgIpc) is 2.34. The first kappa shape index (κ1) is 13.1. The fourth-order valence-corrected chi connectivity index (χ4v) is 2.33. The largest absolute Gasteiger partial charge is 0.316 e. The quantitative estimate of drug-likeness (QED) is 0.865. The van der Waals surface area contributed by atoms with E-state index in [0.717, 1.165) is 17.1 Å². The van der Waals surface area contributed by atoms with Gasteiger partial charge in [-0.2, -0.15) is 0 Å². The molecular weight excluding hydrogens is 242 g/mol. The Kier molecular flexibility index (Phi) is 4.05. The van der Waals surface area contributed by atoms with E-state index in [-0.39, 0.29) is 0 Å². The average molecular weight is 260 g/mol. The van der Waals surface area contributed by atoms with Gasteiger partial charge in [0.2, 0.25) is 0 Å². The van der Waals surface area contributed by atoms with Crippen molar-refractivity contribution in [3.8, 4) is 11.1 Å². The molecule has 1 nitrogen and oxygen atoms in total. The summed E-state index contributed by atoms with van der Waals surface area (Å²) in [6.45, 7) is 5.09. The molecule has 0 aromatic heterocycles. The molecule has 94 valence electrons. The van der Waals surface area contributed by atoms with E-state index in [1.54, 1.807) is 0 Å². The first-order valence-corrected chi connectivity index (χ1v) is 6.50.